The largest absolute Gasteiger partial charge is 0.494 e. The van der Waals surface area contributed by atoms with E-state index < -0.39 is 52.6 Å². The molecular weight excluding hydrogens is 863 g/mol. The number of ether oxygens (including phenoxy) is 1. The molecule has 0 bridgehead atoms. The zero-order chi connectivity index (χ0) is 42.4. The second-order valence-corrected chi connectivity index (χ2v) is 19.4. The van der Waals surface area contributed by atoms with E-state index in [1.54, 1.807) is 37.6 Å². The number of nitrogens with one attached hydrogen (secondary N) is 1. The molecule has 6 rings (SSSR count). The van der Waals surface area contributed by atoms with E-state index in [4.69, 9.17) is 27.3 Å². The molecule has 5 aromatic rings. The summed E-state index contributed by atoms with van der Waals surface area (Å²) in [5.74, 6) is -1.69. The van der Waals surface area contributed by atoms with Crippen LogP contribution in [0, 0.1) is 18.6 Å². The van der Waals surface area contributed by atoms with E-state index in [0.717, 1.165) is 65.5 Å². The van der Waals surface area contributed by atoms with Gasteiger partial charge in [0.2, 0.25) is 5.95 Å². The van der Waals surface area contributed by atoms with Crippen LogP contribution < -0.4 is 15.0 Å². The predicted octanol–water partition coefficient (Wildman–Crippen LogP) is 5.68. The summed E-state index contributed by atoms with van der Waals surface area (Å²) in [6, 6.07) is 15.5. The van der Waals surface area contributed by atoms with Crippen LogP contribution in [0.5, 0.6) is 5.75 Å². The smallest absolute Gasteiger partial charge is 0.425 e. The molecule has 15 nitrogen and oxygen atoms in total. The second kappa shape index (κ2) is 21.0. The number of anilines is 3. The van der Waals surface area contributed by atoms with Crippen LogP contribution in [0.4, 0.5) is 26.1 Å². The van der Waals surface area contributed by atoms with Gasteiger partial charge in [-0.25, -0.2) is 40.6 Å². The van der Waals surface area contributed by atoms with Gasteiger partial charge in [0.1, 0.15) is 32.1 Å². The number of hydrogen-bond donors (Lipinski definition) is 1. The first kappa shape index (κ1) is 49.4. The number of aryl methyl sites for hydroxylation is 1. The molecule has 0 saturated carbocycles. The molecule has 1 saturated heterocycles. The molecule has 60 heavy (non-hydrogen) atoms. The first-order valence-electron chi connectivity index (χ1n) is 17.8. The van der Waals surface area contributed by atoms with E-state index >= 15 is 0 Å². The van der Waals surface area contributed by atoms with Crippen molar-refractivity contribution in [3.63, 3.8) is 0 Å². The molecule has 0 atom stereocenters. The zero-order valence-corrected chi connectivity index (χ0v) is 36.0. The van der Waals surface area contributed by atoms with Gasteiger partial charge in [0.15, 0.2) is 9.84 Å². The fourth-order valence-electron chi connectivity index (χ4n) is 6.29. The Morgan fingerprint density at radius 2 is 1.57 bits per heavy atom. The van der Waals surface area contributed by atoms with E-state index in [-0.39, 0.29) is 24.6 Å². The molecule has 2 aromatic heterocycles. The molecule has 326 valence electrons. The molecule has 1 fully saturated rings. The molecule has 21 heteroatoms. The van der Waals surface area contributed by atoms with E-state index in [0.29, 0.717) is 46.4 Å². The van der Waals surface area contributed by atoms with Crippen molar-refractivity contribution in [3.05, 3.63) is 94.6 Å². The molecule has 0 unspecified atom stereocenters. The highest BCUT2D eigenvalue weighted by Crippen LogP contribution is 2.40. The van der Waals surface area contributed by atoms with E-state index in [1.807, 2.05) is 39.0 Å². The molecule has 3 aromatic carbocycles. The predicted molar refractivity (Wildman–Crippen MR) is 229 cm³/mol. The summed E-state index contributed by atoms with van der Waals surface area (Å²) >= 11 is 1.47. The number of rotatable bonds is 13. The summed E-state index contributed by atoms with van der Waals surface area (Å²) in [6.45, 7) is 9.63. The number of hydrogen-bond acceptors (Lipinski definition) is 15. The van der Waals surface area contributed by atoms with Gasteiger partial charge in [-0.2, -0.15) is 0 Å². The van der Waals surface area contributed by atoms with Crippen LogP contribution in [0.15, 0.2) is 71.8 Å². The average Bonchev–Trinajstić information content (AvgIpc) is 3.60. The minimum atomic E-state index is -4.34. The fourth-order valence-corrected chi connectivity index (χ4v) is 9.43. The number of nitrogens with zero attached hydrogens (tertiary/aromatic N) is 5. The van der Waals surface area contributed by atoms with Gasteiger partial charge in [0, 0.05) is 68.4 Å². The van der Waals surface area contributed by atoms with Gasteiger partial charge in [-0.05, 0) is 48.4 Å². The first-order valence-corrected chi connectivity index (χ1v) is 23.4. The number of benzene rings is 3. The van der Waals surface area contributed by atoms with Gasteiger partial charge in [-0.15, -0.1) is 24.0 Å². The normalized spacial score (nSPS) is 13.1. The third-order valence-electron chi connectivity index (χ3n) is 9.07. The minimum absolute atomic E-state index is 0. The first-order chi connectivity index (χ1) is 27.3. The van der Waals surface area contributed by atoms with Crippen molar-refractivity contribution in [2.45, 2.75) is 44.8 Å². The Morgan fingerprint density at radius 3 is 2.17 bits per heavy atom. The number of methoxy groups -OCH3 is 1. The quantitative estimate of drug-likeness (QED) is 0.151. The Hall–Kier alpha value is -4.93. The van der Waals surface area contributed by atoms with Crippen LogP contribution in [0.2, 0.25) is 0 Å². The molecule has 3 N–H and O–H groups in total. The van der Waals surface area contributed by atoms with Crippen LogP contribution in [-0.4, -0.2) is 107 Å². The number of aromatic nitrogens is 3. The van der Waals surface area contributed by atoms with Crippen molar-refractivity contribution in [2.24, 2.45) is 0 Å². The SMILES string of the molecule is C.COc1cc(N2CCN(CCS(C)(=O)=O)CC2)c(C)cc1Nc1nccc(-c2sc(C(C)C)nc2-c2cccc(CS(=O)(=O)c3c(F)cccc3F)c2)n1.O.O=S(=O)=O. The van der Waals surface area contributed by atoms with Crippen LogP contribution in [0.3, 0.4) is 0 Å². The van der Waals surface area contributed by atoms with Gasteiger partial charge in [-0.1, -0.05) is 45.5 Å². The van der Waals surface area contributed by atoms with Crippen LogP contribution in [0.1, 0.15) is 43.3 Å². The van der Waals surface area contributed by atoms with Crippen LogP contribution in [0.25, 0.3) is 21.8 Å². The number of thiazole rings is 1. The summed E-state index contributed by atoms with van der Waals surface area (Å²) in [4.78, 5) is 18.5. The van der Waals surface area contributed by atoms with E-state index in [1.165, 1.54) is 17.6 Å². The minimum Gasteiger partial charge on any atom is -0.494 e. The molecule has 1 aliphatic rings. The Balaban J connectivity index is 0.00000153. The third kappa shape index (κ3) is 12.8. The summed E-state index contributed by atoms with van der Waals surface area (Å²) in [6.07, 6.45) is 2.91. The summed E-state index contributed by atoms with van der Waals surface area (Å²) in [7, 11) is -8.87. The van der Waals surface area contributed by atoms with Crippen molar-refractivity contribution in [1.29, 1.82) is 0 Å². The van der Waals surface area contributed by atoms with Crippen molar-refractivity contribution in [3.8, 4) is 27.6 Å². The maximum atomic E-state index is 14.4. The second-order valence-electron chi connectivity index (χ2n) is 13.8. The van der Waals surface area contributed by atoms with Gasteiger partial charge < -0.3 is 20.4 Å². The van der Waals surface area contributed by atoms with Gasteiger partial charge in [0.05, 0.1) is 45.6 Å². The highest BCUT2D eigenvalue weighted by Gasteiger charge is 2.26. The lowest BCUT2D eigenvalue weighted by Crippen LogP contribution is -2.47. The standard InChI is InChI=1S/C38H42F2N6O5S3.CH4.O3S.H2O/c1-24(2)37-44-34(27-9-6-8-26(21-27)23-54(49,50)36-28(39)10-7-11-29(36)40)35(52-37)30-12-13-41-38(42-30)43-31-20-25(3)32(22-33(31)51-4)46-16-14-45(15-17-46)18-19-53(5,47)48;;1-4(2)3;/h6-13,20-22,24H,14-19,23H2,1-5H3,(H,41,42,43);1H4;;1H2. The van der Waals surface area contributed by atoms with Gasteiger partial charge >= 0.3 is 10.6 Å². The average molecular weight is 911 g/mol. The Labute approximate surface area is 354 Å². The zero-order valence-electron chi connectivity index (χ0n) is 32.8. The molecule has 1 aliphatic heterocycles. The lowest BCUT2D eigenvalue weighted by Gasteiger charge is -2.37. The number of sulfone groups is 2. The molecule has 0 aliphatic carbocycles. The highest BCUT2D eigenvalue weighted by molar-refractivity contribution is 7.91. The maximum absolute atomic E-state index is 14.4. The topological polar surface area (TPSA) is 217 Å². The molecule has 0 spiro atoms. The molecule has 0 amide bonds. The van der Waals surface area contributed by atoms with Crippen LogP contribution in [-0.2, 0) is 36.0 Å². The fraction of sp³-hybridized carbons (Fsp3) is 0.359. The van der Waals surface area contributed by atoms with Gasteiger partial charge in [0.25, 0.3) is 0 Å². The third-order valence-corrected chi connectivity index (χ3v) is 13.1. The highest BCUT2D eigenvalue weighted by atomic mass is 32.2. The molecular formula is C39H48F2N6O9S4. The Kier molecular flexibility index (Phi) is 17.3. The lowest BCUT2D eigenvalue weighted by molar-refractivity contribution is 0.272. The van der Waals surface area contributed by atoms with E-state index in [9.17, 15) is 25.6 Å². The summed E-state index contributed by atoms with van der Waals surface area (Å²) < 4.78 is 110. The molecule has 3 heterocycles. The van der Waals surface area contributed by atoms with E-state index in [2.05, 4.69) is 20.1 Å². The van der Waals surface area contributed by atoms with Crippen LogP contribution >= 0.6 is 11.3 Å². The van der Waals surface area contributed by atoms with Gasteiger partial charge in [-0.3, -0.25) is 4.90 Å². The lowest BCUT2D eigenvalue weighted by atomic mass is 10.1. The van der Waals surface area contributed by atoms with Crippen molar-refractivity contribution < 1.29 is 48.5 Å². The Bertz CT molecular complexity index is 2600. The monoisotopic (exact) mass is 910 g/mol. The maximum Gasteiger partial charge on any atom is 0.425 e. The number of halogens is 2. The van der Waals surface area contributed by atoms with Crippen molar-refractivity contribution >= 4 is 58.9 Å². The summed E-state index contributed by atoms with van der Waals surface area (Å²) in [5.41, 5.74) is 4.90. The Morgan fingerprint density at radius 1 is 0.933 bits per heavy atom. The van der Waals surface area contributed by atoms with Crippen molar-refractivity contribution in [1.82, 2.24) is 19.9 Å². The molecule has 0 radical (unpaired) electrons. The van der Waals surface area contributed by atoms with Crippen molar-refractivity contribution in [2.75, 3.05) is 62.1 Å². The summed E-state index contributed by atoms with van der Waals surface area (Å²) in [5, 5.41) is 4.17. The number of piperazine rings is 1.